The zero-order valence-corrected chi connectivity index (χ0v) is 10.3. The third-order valence-corrected chi connectivity index (χ3v) is 3.55. The summed E-state index contributed by atoms with van der Waals surface area (Å²) in [6, 6.07) is 6.55. The van der Waals surface area contributed by atoms with Crippen LogP contribution in [0.15, 0.2) is 24.3 Å². The highest BCUT2D eigenvalue weighted by Gasteiger charge is 2.31. The number of nitro groups is 1. The van der Waals surface area contributed by atoms with Crippen molar-refractivity contribution in [3.8, 4) is 0 Å². The summed E-state index contributed by atoms with van der Waals surface area (Å²) in [6.07, 6.45) is 0.532. The number of ether oxygens (including phenoxy) is 1. The molecule has 0 amide bonds. The first-order valence-corrected chi connectivity index (χ1v) is 6.11. The molecule has 1 aromatic rings. The van der Waals surface area contributed by atoms with Gasteiger partial charge >= 0.3 is 0 Å². The van der Waals surface area contributed by atoms with E-state index in [-0.39, 0.29) is 17.7 Å². The Bertz CT molecular complexity index is 435. The molecular weight excluding hydrogens is 234 g/mol. The number of nitrogens with zero attached hydrogens (tertiary/aromatic N) is 1. The van der Waals surface area contributed by atoms with Crippen molar-refractivity contribution in [3.63, 3.8) is 0 Å². The molecule has 1 aromatic carbocycles. The second-order valence-corrected chi connectivity index (χ2v) is 4.69. The summed E-state index contributed by atoms with van der Waals surface area (Å²) in [5.41, 5.74) is 0.650. The summed E-state index contributed by atoms with van der Waals surface area (Å²) in [7, 11) is 0. The standard InChI is InChI=1S/C13H17NO4/c1-9-11(6-7-18-9)13(15)8-10-4-2-3-5-12(10)14(16)17/h2-5,9,11,13,15H,6-8H2,1H3. The molecule has 0 spiro atoms. The van der Waals surface area contributed by atoms with E-state index in [1.165, 1.54) is 6.07 Å². The van der Waals surface area contributed by atoms with Crippen molar-refractivity contribution < 1.29 is 14.8 Å². The summed E-state index contributed by atoms with van der Waals surface area (Å²) in [5.74, 6) is 0.0600. The predicted octanol–water partition coefficient (Wildman–Crippen LogP) is 1.92. The van der Waals surface area contributed by atoms with Gasteiger partial charge in [-0.3, -0.25) is 10.1 Å². The molecule has 3 atom stereocenters. The van der Waals surface area contributed by atoms with Crippen molar-refractivity contribution in [2.45, 2.75) is 32.0 Å². The van der Waals surface area contributed by atoms with E-state index in [0.29, 0.717) is 18.6 Å². The van der Waals surface area contributed by atoms with Gasteiger partial charge in [-0.15, -0.1) is 0 Å². The van der Waals surface area contributed by atoms with Crippen molar-refractivity contribution >= 4 is 5.69 Å². The quantitative estimate of drug-likeness (QED) is 0.655. The van der Waals surface area contributed by atoms with E-state index in [1.54, 1.807) is 18.2 Å². The van der Waals surface area contributed by atoms with E-state index in [9.17, 15) is 15.2 Å². The molecular formula is C13H17NO4. The van der Waals surface area contributed by atoms with Gasteiger partial charge in [0.05, 0.1) is 17.1 Å². The monoisotopic (exact) mass is 251 g/mol. The van der Waals surface area contributed by atoms with Crippen LogP contribution in [0.2, 0.25) is 0 Å². The smallest absolute Gasteiger partial charge is 0.272 e. The summed E-state index contributed by atoms with van der Waals surface area (Å²) in [6.45, 7) is 2.58. The maximum Gasteiger partial charge on any atom is 0.272 e. The molecule has 3 unspecified atom stereocenters. The van der Waals surface area contributed by atoms with Gasteiger partial charge in [0.25, 0.3) is 5.69 Å². The van der Waals surface area contributed by atoms with E-state index in [1.807, 2.05) is 6.92 Å². The second-order valence-electron chi connectivity index (χ2n) is 4.69. The molecule has 1 heterocycles. The Kier molecular flexibility index (Phi) is 3.93. The average Bonchev–Trinajstić information content (AvgIpc) is 2.76. The van der Waals surface area contributed by atoms with Crippen LogP contribution in [0.4, 0.5) is 5.69 Å². The van der Waals surface area contributed by atoms with Crippen molar-refractivity contribution in [2.75, 3.05) is 6.61 Å². The Balaban J connectivity index is 2.11. The van der Waals surface area contributed by atoms with Crippen molar-refractivity contribution in [3.05, 3.63) is 39.9 Å². The summed E-state index contributed by atoms with van der Waals surface area (Å²) >= 11 is 0. The molecule has 98 valence electrons. The lowest BCUT2D eigenvalue weighted by atomic mass is 9.91. The van der Waals surface area contributed by atoms with E-state index in [0.717, 1.165) is 6.42 Å². The molecule has 5 heteroatoms. The predicted molar refractivity (Wildman–Crippen MR) is 66.3 cm³/mol. The third-order valence-electron chi connectivity index (χ3n) is 3.55. The number of hydrogen-bond donors (Lipinski definition) is 1. The van der Waals surface area contributed by atoms with Crippen LogP contribution >= 0.6 is 0 Å². The summed E-state index contributed by atoms with van der Waals surface area (Å²) in [4.78, 5) is 10.5. The molecule has 0 aromatic heterocycles. The number of aliphatic hydroxyl groups is 1. The maximum absolute atomic E-state index is 10.9. The van der Waals surface area contributed by atoms with Crippen LogP contribution in [-0.4, -0.2) is 28.8 Å². The summed E-state index contributed by atoms with van der Waals surface area (Å²) < 4.78 is 5.41. The molecule has 1 fully saturated rings. The minimum absolute atomic E-state index is 0.0165. The van der Waals surface area contributed by atoms with Gasteiger partial charge in [-0.1, -0.05) is 18.2 Å². The van der Waals surface area contributed by atoms with Crippen molar-refractivity contribution in [1.29, 1.82) is 0 Å². The van der Waals surface area contributed by atoms with Crippen LogP contribution < -0.4 is 0 Å². The molecule has 0 bridgehead atoms. The van der Waals surface area contributed by atoms with Crippen LogP contribution in [0.5, 0.6) is 0 Å². The van der Waals surface area contributed by atoms with Crippen molar-refractivity contribution in [1.82, 2.24) is 0 Å². The molecule has 2 rings (SSSR count). The Labute approximate surface area is 106 Å². The maximum atomic E-state index is 10.9. The first kappa shape index (κ1) is 13.0. The van der Waals surface area contributed by atoms with Gasteiger partial charge in [0.2, 0.25) is 0 Å². The van der Waals surface area contributed by atoms with E-state index < -0.39 is 11.0 Å². The van der Waals surface area contributed by atoms with Gasteiger partial charge in [-0.05, 0) is 13.3 Å². The number of nitro benzene ring substituents is 1. The van der Waals surface area contributed by atoms with E-state index in [4.69, 9.17) is 4.74 Å². The van der Waals surface area contributed by atoms with Gasteiger partial charge in [0.1, 0.15) is 0 Å². The van der Waals surface area contributed by atoms with Crippen LogP contribution in [0, 0.1) is 16.0 Å². The first-order chi connectivity index (χ1) is 8.59. The fourth-order valence-electron chi connectivity index (χ4n) is 2.49. The zero-order valence-electron chi connectivity index (χ0n) is 10.3. The SMILES string of the molecule is CC1OCCC1C(O)Cc1ccccc1[N+](=O)[O-]. The number of para-hydroxylation sites is 1. The molecule has 5 nitrogen and oxygen atoms in total. The van der Waals surface area contributed by atoms with Gasteiger partial charge in [-0.25, -0.2) is 0 Å². The third kappa shape index (κ3) is 2.68. The van der Waals surface area contributed by atoms with Crippen LogP contribution in [0.3, 0.4) is 0 Å². The largest absolute Gasteiger partial charge is 0.392 e. The Hall–Kier alpha value is -1.46. The van der Waals surface area contributed by atoms with Crippen molar-refractivity contribution in [2.24, 2.45) is 5.92 Å². The lowest BCUT2D eigenvalue weighted by Crippen LogP contribution is -2.28. The zero-order chi connectivity index (χ0) is 13.1. The highest BCUT2D eigenvalue weighted by atomic mass is 16.6. The number of benzene rings is 1. The normalized spacial score (nSPS) is 25.0. The minimum Gasteiger partial charge on any atom is -0.392 e. The Morgan fingerprint density at radius 3 is 2.89 bits per heavy atom. The van der Waals surface area contributed by atoms with Crippen LogP contribution in [0.25, 0.3) is 0 Å². The Morgan fingerprint density at radius 2 is 2.28 bits per heavy atom. The second kappa shape index (κ2) is 5.46. The number of aliphatic hydroxyl groups excluding tert-OH is 1. The Morgan fingerprint density at radius 1 is 1.56 bits per heavy atom. The van der Waals surface area contributed by atoms with Crippen LogP contribution in [0.1, 0.15) is 18.9 Å². The number of hydrogen-bond acceptors (Lipinski definition) is 4. The fraction of sp³-hybridized carbons (Fsp3) is 0.538. The molecule has 1 aliphatic rings. The molecule has 0 radical (unpaired) electrons. The van der Waals surface area contributed by atoms with E-state index in [2.05, 4.69) is 0 Å². The minimum atomic E-state index is -0.594. The van der Waals surface area contributed by atoms with Gasteiger partial charge in [0, 0.05) is 30.6 Å². The molecule has 18 heavy (non-hydrogen) atoms. The molecule has 0 aliphatic carbocycles. The lowest BCUT2D eigenvalue weighted by Gasteiger charge is -2.20. The van der Waals surface area contributed by atoms with Gasteiger partial charge < -0.3 is 9.84 Å². The lowest BCUT2D eigenvalue weighted by molar-refractivity contribution is -0.385. The molecule has 1 N–H and O–H groups in total. The first-order valence-electron chi connectivity index (χ1n) is 6.11. The highest BCUT2D eigenvalue weighted by molar-refractivity contribution is 5.40. The number of rotatable bonds is 4. The summed E-state index contributed by atoms with van der Waals surface area (Å²) in [5, 5.41) is 21.1. The van der Waals surface area contributed by atoms with Gasteiger partial charge in [-0.2, -0.15) is 0 Å². The molecule has 1 saturated heterocycles. The van der Waals surface area contributed by atoms with Crippen LogP contribution in [-0.2, 0) is 11.2 Å². The topological polar surface area (TPSA) is 72.6 Å². The molecule has 1 aliphatic heterocycles. The highest BCUT2D eigenvalue weighted by Crippen LogP contribution is 2.28. The van der Waals surface area contributed by atoms with E-state index >= 15 is 0 Å². The van der Waals surface area contributed by atoms with Gasteiger partial charge in [0.15, 0.2) is 0 Å². The fourth-order valence-corrected chi connectivity index (χ4v) is 2.49. The molecule has 0 saturated carbocycles. The average molecular weight is 251 g/mol.